The van der Waals surface area contributed by atoms with E-state index in [-0.39, 0.29) is 11.5 Å². The quantitative estimate of drug-likeness (QED) is 0.794. The summed E-state index contributed by atoms with van der Waals surface area (Å²) in [5.74, 6) is -0.0154. The van der Waals surface area contributed by atoms with Crippen molar-refractivity contribution >= 4 is 11.6 Å². The van der Waals surface area contributed by atoms with Gasteiger partial charge in [-0.15, -0.1) is 0 Å². The van der Waals surface area contributed by atoms with Gasteiger partial charge in [0.1, 0.15) is 17.7 Å². The Morgan fingerprint density at radius 1 is 1.44 bits per heavy atom. The summed E-state index contributed by atoms with van der Waals surface area (Å²) in [6.45, 7) is 0.527. The number of allylic oxidation sites excluding steroid dienone is 1. The minimum atomic E-state index is -0.0154. The van der Waals surface area contributed by atoms with Crippen LogP contribution < -0.4 is 5.32 Å². The molecule has 2 rings (SSSR count). The Bertz CT molecular complexity index is 603. The van der Waals surface area contributed by atoms with Crippen molar-refractivity contribution < 1.29 is 4.79 Å². The maximum absolute atomic E-state index is 11.8. The first kappa shape index (κ1) is 11.7. The predicted molar refractivity (Wildman–Crippen MR) is 65.2 cm³/mol. The van der Waals surface area contributed by atoms with Gasteiger partial charge in [-0.25, -0.2) is 0 Å². The Hall–Kier alpha value is -2.79. The number of nitriles is 2. The molecule has 1 heterocycles. The number of hydrogen-bond acceptors (Lipinski definition) is 4. The molecular weight excluding hydrogens is 228 g/mol. The Labute approximate surface area is 105 Å². The fraction of sp³-hybridized carbons (Fsp3) is 0.154. The largest absolute Gasteiger partial charge is 0.360 e. The van der Waals surface area contributed by atoms with Crippen LogP contribution in [0.4, 0.5) is 5.69 Å². The summed E-state index contributed by atoms with van der Waals surface area (Å²) in [6, 6.07) is 8.89. The van der Waals surface area contributed by atoms with Crippen LogP contribution in [0.25, 0.3) is 0 Å². The highest BCUT2D eigenvalue weighted by atomic mass is 16.2. The van der Waals surface area contributed by atoms with Crippen molar-refractivity contribution in [2.75, 3.05) is 12.4 Å². The molecule has 1 N–H and O–H groups in total. The first-order chi connectivity index (χ1) is 8.67. The Balaban J connectivity index is 2.34. The van der Waals surface area contributed by atoms with Crippen molar-refractivity contribution in [1.82, 2.24) is 4.90 Å². The van der Waals surface area contributed by atoms with Crippen LogP contribution in [-0.2, 0) is 6.54 Å². The number of carbonyl (C=O) groups is 1. The second kappa shape index (κ2) is 4.60. The smallest absolute Gasteiger partial charge is 0.254 e. The molecule has 0 aliphatic carbocycles. The van der Waals surface area contributed by atoms with E-state index in [9.17, 15) is 4.79 Å². The summed E-state index contributed by atoms with van der Waals surface area (Å²) in [4.78, 5) is 13.4. The maximum Gasteiger partial charge on any atom is 0.254 e. The SMILES string of the molecule is CN1Cc2c(NC=C(C#N)C#N)cccc2C1=O. The van der Waals surface area contributed by atoms with E-state index in [0.29, 0.717) is 12.1 Å². The van der Waals surface area contributed by atoms with Gasteiger partial charge in [0.15, 0.2) is 0 Å². The van der Waals surface area contributed by atoms with Gasteiger partial charge >= 0.3 is 0 Å². The molecule has 0 bridgehead atoms. The van der Waals surface area contributed by atoms with Crippen LogP contribution in [0.5, 0.6) is 0 Å². The van der Waals surface area contributed by atoms with Crippen LogP contribution in [-0.4, -0.2) is 17.9 Å². The molecule has 1 aromatic carbocycles. The van der Waals surface area contributed by atoms with E-state index >= 15 is 0 Å². The van der Waals surface area contributed by atoms with Crippen molar-refractivity contribution in [3.63, 3.8) is 0 Å². The Morgan fingerprint density at radius 3 is 2.83 bits per heavy atom. The second-order valence-corrected chi connectivity index (χ2v) is 3.92. The van der Waals surface area contributed by atoms with E-state index in [1.807, 2.05) is 6.07 Å². The number of nitrogens with one attached hydrogen (secondary N) is 1. The molecule has 18 heavy (non-hydrogen) atoms. The van der Waals surface area contributed by atoms with E-state index in [1.165, 1.54) is 6.20 Å². The highest BCUT2D eigenvalue weighted by molar-refractivity contribution is 5.99. The third kappa shape index (κ3) is 1.90. The lowest BCUT2D eigenvalue weighted by Gasteiger charge is -2.07. The van der Waals surface area contributed by atoms with Gasteiger partial charge in [-0.2, -0.15) is 10.5 Å². The molecule has 0 atom stereocenters. The molecule has 0 radical (unpaired) electrons. The number of amides is 1. The molecule has 88 valence electrons. The third-order valence-corrected chi connectivity index (χ3v) is 2.76. The maximum atomic E-state index is 11.8. The summed E-state index contributed by atoms with van der Waals surface area (Å²) in [5.41, 5.74) is 2.28. The van der Waals surface area contributed by atoms with E-state index < -0.39 is 0 Å². The number of fused-ring (bicyclic) bond motifs is 1. The molecule has 5 heteroatoms. The van der Waals surface area contributed by atoms with Crippen molar-refractivity contribution in [2.24, 2.45) is 0 Å². The van der Waals surface area contributed by atoms with Gasteiger partial charge < -0.3 is 10.2 Å². The van der Waals surface area contributed by atoms with Gasteiger partial charge in [-0.3, -0.25) is 4.79 Å². The first-order valence-electron chi connectivity index (χ1n) is 5.31. The van der Waals surface area contributed by atoms with Crippen LogP contribution in [0.3, 0.4) is 0 Å². The number of nitrogens with zero attached hydrogens (tertiary/aromatic N) is 3. The fourth-order valence-corrected chi connectivity index (χ4v) is 1.85. The zero-order chi connectivity index (χ0) is 13.1. The molecule has 0 saturated heterocycles. The highest BCUT2D eigenvalue weighted by Gasteiger charge is 2.25. The lowest BCUT2D eigenvalue weighted by Crippen LogP contribution is -2.17. The number of rotatable bonds is 2. The van der Waals surface area contributed by atoms with Gasteiger partial charge in [0.2, 0.25) is 0 Å². The fourth-order valence-electron chi connectivity index (χ4n) is 1.85. The number of anilines is 1. The minimum Gasteiger partial charge on any atom is -0.360 e. The predicted octanol–water partition coefficient (Wildman–Crippen LogP) is 1.62. The summed E-state index contributed by atoms with van der Waals surface area (Å²) >= 11 is 0. The van der Waals surface area contributed by atoms with Crippen LogP contribution >= 0.6 is 0 Å². The normalized spacial score (nSPS) is 12.4. The van der Waals surface area contributed by atoms with Gasteiger partial charge in [-0.05, 0) is 12.1 Å². The molecule has 1 aliphatic heterocycles. The zero-order valence-corrected chi connectivity index (χ0v) is 9.77. The van der Waals surface area contributed by atoms with Crippen LogP contribution in [0, 0.1) is 22.7 Å². The summed E-state index contributed by atoms with van der Waals surface area (Å²) < 4.78 is 0. The van der Waals surface area contributed by atoms with Gasteiger partial charge in [-0.1, -0.05) is 6.07 Å². The Morgan fingerprint density at radius 2 is 2.17 bits per heavy atom. The summed E-state index contributed by atoms with van der Waals surface area (Å²) in [6.07, 6.45) is 1.35. The molecule has 1 amide bonds. The molecule has 5 nitrogen and oxygen atoms in total. The monoisotopic (exact) mass is 238 g/mol. The molecule has 0 saturated carbocycles. The second-order valence-electron chi connectivity index (χ2n) is 3.92. The minimum absolute atomic E-state index is 0.00900. The molecule has 0 aromatic heterocycles. The van der Waals surface area contributed by atoms with Gasteiger partial charge in [0.25, 0.3) is 5.91 Å². The van der Waals surface area contributed by atoms with E-state index in [2.05, 4.69) is 5.32 Å². The zero-order valence-electron chi connectivity index (χ0n) is 9.77. The van der Waals surface area contributed by atoms with Gasteiger partial charge in [0, 0.05) is 36.6 Å². The standard InChI is InChI=1S/C13H10N4O/c1-17-8-11-10(13(17)18)3-2-4-12(11)16-7-9(5-14)6-15/h2-4,7,16H,8H2,1H3. The molecule has 0 unspecified atom stereocenters. The molecule has 1 aliphatic rings. The Kier molecular flexibility index (Phi) is 2.99. The lowest BCUT2D eigenvalue weighted by molar-refractivity contribution is 0.0816. The average Bonchev–Trinajstić information content (AvgIpc) is 2.68. The number of hydrogen-bond donors (Lipinski definition) is 1. The van der Waals surface area contributed by atoms with E-state index in [0.717, 1.165) is 11.3 Å². The van der Waals surface area contributed by atoms with Crippen LogP contribution in [0.2, 0.25) is 0 Å². The molecule has 0 fully saturated rings. The average molecular weight is 238 g/mol. The number of carbonyl (C=O) groups excluding carboxylic acids is 1. The van der Waals surface area contributed by atoms with E-state index in [4.69, 9.17) is 10.5 Å². The van der Waals surface area contributed by atoms with Gasteiger partial charge in [0.05, 0.1) is 0 Å². The molecular formula is C13H10N4O. The molecule has 0 spiro atoms. The lowest BCUT2D eigenvalue weighted by atomic mass is 10.1. The third-order valence-electron chi connectivity index (χ3n) is 2.76. The van der Waals surface area contributed by atoms with Crippen molar-refractivity contribution in [2.45, 2.75) is 6.54 Å². The molecule has 1 aromatic rings. The topological polar surface area (TPSA) is 79.9 Å². The van der Waals surface area contributed by atoms with Crippen LogP contribution in [0.15, 0.2) is 30.0 Å². The number of benzene rings is 1. The van der Waals surface area contributed by atoms with Crippen molar-refractivity contribution in [3.8, 4) is 12.1 Å². The van der Waals surface area contributed by atoms with Crippen molar-refractivity contribution in [1.29, 1.82) is 10.5 Å². The summed E-state index contributed by atoms with van der Waals surface area (Å²) in [5, 5.41) is 20.2. The van der Waals surface area contributed by atoms with Crippen molar-refractivity contribution in [3.05, 3.63) is 41.1 Å². The van der Waals surface area contributed by atoms with Crippen LogP contribution in [0.1, 0.15) is 15.9 Å². The van der Waals surface area contributed by atoms with E-state index in [1.54, 1.807) is 36.2 Å². The summed E-state index contributed by atoms with van der Waals surface area (Å²) in [7, 11) is 1.73. The highest BCUT2D eigenvalue weighted by Crippen LogP contribution is 2.28. The first-order valence-corrected chi connectivity index (χ1v) is 5.31.